The number of fused-ring (bicyclic) bond motifs is 1. The van der Waals surface area contributed by atoms with Crippen LogP contribution in [0.5, 0.6) is 11.5 Å². The highest BCUT2D eigenvalue weighted by Crippen LogP contribution is 2.57. The molecule has 2 aliphatic rings. The number of methoxy groups -OCH3 is 1. The molecule has 208 valence electrons. The van der Waals surface area contributed by atoms with Crippen molar-refractivity contribution in [2.45, 2.75) is 19.4 Å². The van der Waals surface area contributed by atoms with Crippen LogP contribution in [-0.2, 0) is 0 Å². The van der Waals surface area contributed by atoms with Crippen LogP contribution in [0.15, 0.2) is 36.8 Å². The van der Waals surface area contributed by atoms with Gasteiger partial charge in [0.2, 0.25) is 0 Å². The summed E-state index contributed by atoms with van der Waals surface area (Å²) in [5.74, 6) is 2.42. The van der Waals surface area contributed by atoms with E-state index in [4.69, 9.17) is 32.7 Å². The van der Waals surface area contributed by atoms with Crippen molar-refractivity contribution in [2.75, 3.05) is 36.6 Å². The predicted octanol–water partition coefficient (Wildman–Crippen LogP) is 6.31. The fourth-order valence-electron chi connectivity index (χ4n) is 5.65. The zero-order chi connectivity index (χ0) is 28.2. The fraction of sp³-hybridized carbons (Fsp3) is 0.333. The third-order valence-corrected chi connectivity index (χ3v) is 10.1. The van der Waals surface area contributed by atoms with Crippen LogP contribution >= 0.6 is 33.8 Å². The Hall–Kier alpha value is -3.27. The lowest BCUT2D eigenvalue weighted by atomic mass is 9.79. The summed E-state index contributed by atoms with van der Waals surface area (Å²) in [5, 5.41) is 19.0. The first-order valence-electron chi connectivity index (χ1n) is 12.5. The highest BCUT2D eigenvalue weighted by molar-refractivity contribution is 8.24. The van der Waals surface area contributed by atoms with E-state index in [0.29, 0.717) is 74.3 Å². The lowest BCUT2D eigenvalue weighted by molar-refractivity contribution is 0.216. The van der Waals surface area contributed by atoms with Gasteiger partial charge in [-0.3, -0.25) is 19.2 Å². The van der Waals surface area contributed by atoms with Crippen molar-refractivity contribution in [2.24, 2.45) is 5.41 Å². The van der Waals surface area contributed by atoms with Gasteiger partial charge in [0.15, 0.2) is 11.5 Å². The van der Waals surface area contributed by atoms with E-state index in [-0.39, 0.29) is 5.41 Å². The minimum absolute atomic E-state index is 0.110. The summed E-state index contributed by atoms with van der Waals surface area (Å²) in [6.07, 6.45) is 5.00. The number of halogens is 2. The van der Waals surface area contributed by atoms with Gasteiger partial charge in [-0.2, -0.15) is 21.0 Å². The van der Waals surface area contributed by atoms with Gasteiger partial charge >= 0.3 is 0 Å². The zero-order valence-electron chi connectivity index (χ0n) is 21.7. The van der Waals surface area contributed by atoms with Gasteiger partial charge in [0.25, 0.3) is 0 Å². The fourth-order valence-corrected chi connectivity index (χ4v) is 8.54. The highest BCUT2D eigenvalue weighted by Gasteiger charge is 2.51. The number of ether oxygens (including phenoxy) is 2. The Morgan fingerprint density at radius 2 is 1.90 bits per heavy atom. The molecule has 5 heterocycles. The summed E-state index contributed by atoms with van der Waals surface area (Å²) in [4.78, 5) is 10.7. The molecule has 10 nitrogen and oxygen atoms in total. The smallest absolute Gasteiger partial charge is 0.162 e. The monoisotopic (exact) mass is 600 g/mol. The summed E-state index contributed by atoms with van der Waals surface area (Å²) < 4.78 is 32.0. The van der Waals surface area contributed by atoms with Crippen molar-refractivity contribution in [1.29, 1.82) is 5.26 Å². The minimum atomic E-state index is -2.49. The molecule has 2 fully saturated rings. The first-order valence-corrected chi connectivity index (χ1v) is 15.2. The maximum Gasteiger partial charge on any atom is 0.162 e. The second-order valence-electron chi connectivity index (χ2n) is 10.4. The van der Waals surface area contributed by atoms with Crippen molar-refractivity contribution in [3.8, 4) is 28.8 Å². The lowest BCUT2D eigenvalue weighted by Gasteiger charge is -2.49. The minimum Gasteiger partial charge on any atom is -0.493 e. The molecule has 0 bridgehead atoms. The number of nitrogens with zero attached hydrogens (tertiary/aromatic N) is 5. The summed E-state index contributed by atoms with van der Waals surface area (Å²) >= 11 is 12.7. The first kappa shape index (κ1) is 26.9. The first-order chi connectivity index (χ1) is 19.1. The number of nitrogens with one attached hydrogen (secondary N) is 1. The Balaban J connectivity index is 1.30. The number of hydrogen-bond donors (Lipinski definition) is 3. The summed E-state index contributed by atoms with van der Waals surface area (Å²) in [6.45, 7) is 3.14. The molecule has 40 heavy (non-hydrogen) atoms. The predicted molar refractivity (Wildman–Crippen MR) is 156 cm³/mol. The van der Waals surface area contributed by atoms with E-state index in [9.17, 15) is 14.4 Å². The maximum atomic E-state index is 10.1. The van der Waals surface area contributed by atoms with E-state index in [0.717, 1.165) is 17.3 Å². The normalized spacial score (nSPS) is 18.8. The number of anilines is 1. The molecule has 0 aliphatic carbocycles. The average Bonchev–Trinajstić information content (AvgIpc) is 3.46. The van der Waals surface area contributed by atoms with Crippen LogP contribution in [0.2, 0.25) is 10.0 Å². The highest BCUT2D eigenvalue weighted by atomic mass is 35.5. The van der Waals surface area contributed by atoms with Gasteiger partial charge in [0.05, 0.1) is 28.2 Å². The third-order valence-electron chi connectivity index (χ3n) is 7.56. The van der Waals surface area contributed by atoms with Crippen LogP contribution in [0.3, 0.4) is 0 Å². The van der Waals surface area contributed by atoms with Crippen molar-refractivity contribution in [1.82, 2.24) is 20.2 Å². The van der Waals surface area contributed by atoms with E-state index >= 15 is 0 Å². The van der Waals surface area contributed by atoms with Crippen molar-refractivity contribution < 1.29 is 18.6 Å². The Bertz CT molecular complexity index is 1650. The number of pyridine rings is 2. The molecule has 0 saturated carbocycles. The lowest BCUT2D eigenvalue weighted by Crippen LogP contribution is -2.57. The van der Waals surface area contributed by atoms with Crippen LogP contribution in [-0.4, -0.2) is 61.0 Å². The Kier molecular flexibility index (Phi) is 6.71. The molecule has 0 radical (unpaired) electrons. The van der Waals surface area contributed by atoms with Gasteiger partial charge in [0.1, 0.15) is 23.7 Å². The van der Waals surface area contributed by atoms with Gasteiger partial charge < -0.3 is 14.4 Å². The molecule has 0 amide bonds. The van der Waals surface area contributed by atoms with E-state index in [1.165, 1.54) is 12.4 Å². The summed E-state index contributed by atoms with van der Waals surface area (Å²) in [6, 6.07) is 7.65. The number of aromatic nitrogens is 4. The molecule has 3 N–H and O–H groups in total. The molecular weight excluding hydrogens is 575 g/mol. The molecule has 3 aromatic heterocycles. The number of hydrogen-bond acceptors (Lipinski definition) is 9. The Morgan fingerprint density at radius 1 is 1.15 bits per heavy atom. The van der Waals surface area contributed by atoms with E-state index < -0.39 is 16.7 Å². The molecule has 2 saturated heterocycles. The molecule has 1 spiro atoms. The van der Waals surface area contributed by atoms with E-state index in [1.807, 2.05) is 17.9 Å². The van der Waals surface area contributed by atoms with Crippen LogP contribution in [0.25, 0.3) is 22.2 Å². The van der Waals surface area contributed by atoms with Gasteiger partial charge in [-0.25, -0.2) is 4.98 Å². The van der Waals surface area contributed by atoms with E-state index in [1.54, 1.807) is 25.4 Å². The molecule has 4 aromatic rings. The number of aromatic amines is 1. The second kappa shape index (κ2) is 9.98. The number of benzene rings is 1. The number of rotatable bonds is 6. The molecule has 1 unspecified atom stereocenters. The maximum absolute atomic E-state index is 10.1. The molecule has 2 aliphatic heterocycles. The topological polar surface area (TPSA) is 140 Å². The number of nitriles is 1. The standard InChI is InChI=1S/C27H26Cl2N6O4S/c1-15(24-19(28)10-31-11-20(24)29)39-23-6-18-21(7-22(23)38-2)33-34-25(18)17-5-16(8-30)26(32-9-17)35-12-27(13-35)3-4-40(36,37)14-27/h5-7,9-11,15,36-37H,3-4,12-14H2,1-2H3,(H,33,34). The van der Waals surface area contributed by atoms with Crippen molar-refractivity contribution in [3.63, 3.8) is 0 Å². The average molecular weight is 602 g/mol. The quantitative estimate of drug-likeness (QED) is 0.232. The van der Waals surface area contributed by atoms with Crippen LogP contribution in [0.4, 0.5) is 5.82 Å². The van der Waals surface area contributed by atoms with Gasteiger partial charge in [-0.1, -0.05) is 23.2 Å². The zero-order valence-corrected chi connectivity index (χ0v) is 24.0. The largest absolute Gasteiger partial charge is 0.493 e. The van der Waals surface area contributed by atoms with E-state index in [2.05, 4.69) is 26.2 Å². The van der Waals surface area contributed by atoms with Gasteiger partial charge in [-0.15, -0.1) is 0 Å². The van der Waals surface area contributed by atoms with Crippen molar-refractivity contribution in [3.05, 3.63) is 58.0 Å². The molecule has 6 rings (SSSR count). The van der Waals surface area contributed by atoms with Crippen molar-refractivity contribution >= 4 is 50.5 Å². The Labute approximate surface area is 242 Å². The Morgan fingerprint density at radius 3 is 2.55 bits per heavy atom. The molecule has 13 heteroatoms. The summed E-state index contributed by atoms with van der Waals surface area (Å²) in [7, 11) is -0.935. The van der Waals surface area contributed by atoms with Gasteiger partial charge in [-0.05, 0) is 25.5 Å². The van der Waals surface area contributed by atoms with Crippen LogP contribution < -0.4 is 14.4 Å². The summed E-state index contributed by atoms with van der Waals surface area (Å²) in [5.41, 5.74) is 2.92. The van der Waals surface area contributed by atoms with Crippen LogP contribution in [0.1, 0.15) is 30.6 Å². The number of H-pyrrole nitrogens is 1. The third kappa shape index (κ3) is 4.70. The second-order valence-corrected chi connectivity index (χ2v) is 13.5. The molecule has 1 aromatic carbocycles. The van der Waals surface area contributed by atoms with Gasteiger partial charge in [0, 0.05) is 71.2 Å². The van der Waals surface area contributed by atoms with Crippen LogP contribution in [0, 0.1) is 16.7 Å². The molecular formula is C27H26Cl2N6O4S. The SMILES string of the molecule is COc1cc2[nH]nc(-c3cnc(N4CC5(CCS(O)(O)C5)C4)c(C#N)c3)c2cc1OC(C)c1c(Cl)cncc1Cl. The molecule has 1 atom stereocenters.